The Bertz CT molecular complexity index is 906. The van der Waals surface area contributed by atoms with Crippen LogP contribution in [0.1, 0.15) is 64.9 Å². The number of hydrazone groups is 1. The highest BCUT2D eigenvalue weighted by molar-refractivity contribution is 7.89. The van der Waals surface area contributed by atoms with E-state index < -0.39 is 15.6 Å². The molecule has 154 valence electrons. The first-order valence-corrected chi connectivity index (χ1v) is 11.8. The van der Waals surface area contributed by atoms with E-state index in [0.717, 1.165) is 30.5 Å². The van der Waals surface area contributed by atoms with E-state index in [1.54, 1.807) is 24.3 Å². The third-order valence-corrected chi connectivity index (χ3v) is 8.98. The molecule has 0 aromatic heterocycles. The Morgan fingerprint density at radius 2 is 1.79 bits per heavy atom. The number of hydrogen-bond acceptors (Lipinski definition) is 4. The summed E-state index contributed by atoms with van der Waals surface area (Å²) < 4.78 is 25.3. The Hall–Kier alpha value is -1.40. The smallest absolute Gasteiger partial charge is 0.276 e. The van der Waals surface area contributed by atoms with E-state index in [9.17, 15) is 13.5 Å². The number of nitrogens with one attached hydrogen (secondary N) is 1. The van der Waals surface area contributed by atoms with E-state index in [1.807, 2.05) is 6.92 Å². The van der Waals surface area contributed by atoms with Gasteiger partial charge in [0, 0.05) is 11.1 Å². The van der Waals surface area contributed by atoms with Crippen molar-refractivity contribution in [3.8, 4) is 0 Å². The zero-order chi connectivity index (χ0) is 20.4. The molecule has 1 aromatic carbocycles. The van der Waals surface area contributed by atoms with Gasteiger partial charge < -0.3 is 5.11 Å². The summed E-state index contributed by atoms with van der Waals surface area (Å²) in [7, 11) is -3.68. The second-order valence-corrected chi connectivity index (χ2v) is 11.9. The van der Waals surface area contributed by atoms with Gasteiger partial charge in [-0.3, -0.25) is 0 Å². The molecule has 4 rings (SSSR count). The molecule has 3 aliphatic rings. The Balaban J connectivity index is 1.57. The van der Waals surface area contributed by atoms with Crippen LogP contribution in [0, 0.1) is 29.6 Å². The number of aliphatic hydroxyl groups is 1. The van der Waals surface area contributed by atoms with Gasteiger partial charge in [-0.05, 0) is 74.8 Å². The molecule has 0 amide bonds. The molecule has 0 aliphatic heterocycles. The maximum Gasteiger partial charge on any atom is 0.276 e. The summed E-state index contributed by atoms with van der Waals surface area (Å²) in [4.78, 5) is 2.68. The molecular formula is C22H32N2O3S. The van der Waals surface area contributed by atoms with Gasteiger partial charge in [0.15, 0.2) is 0 Å². The minimum absolute atomic E-state index is 0.223. The predicted molar refractivity (Wildman–Crippen MR) is 110 cm³/mol. The first kappa shape index (κ1) is 19.9. The van der Waals surface area contributed by atoms with Crippen molar-refractivity contribution < 1.29 is 13.5 Å². The highest BCUT2D eigenvalue weighted by Crippen LogP contribution is 2.64. The van der Waals surface area contributed by atoms with Crippen molar-refractivity contribution >= 4 is 15.7 Å². The second-order valence-electron chi connectivity index (χ2n) is 10.3. The van der Waals surface area contributed by atoms with Crippen molar-refractivity contribution in [1.82, 2.24) is 4.83 Å². The molecule has 3 saturated carbocycles. The number of aryl methyl sites for hydroxylation is 1. The summed E-state index contributed by atoms with van der Waals surface area (Å²) in [6.07, 6.45) is 5.10. The lowest BCUT2D eigenvalue weighted by atomic mass is 9.49. The molecule has 3 fully saturated rings. The highest BCUT2D eigenvalue weighted by atomic mass is 32.2. The van der Waals surface area contributed by atoms with Crippen molar-refractivity contribution in [2.75, 3.05) is 0 Å². The fourth-order valence-corrected chi connectivity index (χ4v) is 6.83. The predicted octanol–water partition coefficient (Wildman–Crippen LogP) is 4.01. The maximum atomic E-state index is 12.6. The summed E-state index contributed by atoms with van der Waals surface area (Å²) >= 11 is 0. The van der Waals surface area contributed by atoms with Crippen LogP contribution in [0.4, 0.5) is 0 Å². The minimum Gasteiger partial charge on any atom is -0.390 e. The fourth-order valence-electron chi connectivity index (χ4n) is 6.00. The summed E-state index contributed by atoms with van der Waals surface area (Å²) in [5, 5.41) is 15.8. The molecule has 0 heterocycles. The molecule has 2 bridgehead atoms. The van der Waals surface area contributed by atoms with Crippen molar-refractivity contribution in [3.63, 3.8) is 0 Å². The molecule has 0 saturated heterocycles. The standard InChI is InChI=1S/C22H32N2O3S/c1-15-5-7-16(8-6-15)28(26,27)24-23-19-10-12-22(25)14-21(19,4)11-9-17-18(22)13-20(17,2)3/h5-8,17-18,24-25H,9-14H2,1-4H3/b23-19-/t17-,18+,21+,22+/m1/s1. The van der Waals surface area contributed by atoms with Gasteiger partial charge in [-0.2, -0.15) is 13.5 Å². The Morgan fingerprint density at radius 1 is 1.11 bits per heavy atom. The maximum absolute atomic E-state index is 12.6. The lowest BCUT2D eigenvalue weighted by molar-refractivity contribution is -0.152. The van der Waals surface area contributed by atoms with E-state index in [-0.39, 0.29) is 10.3 Å². The molecule has 0 unspecified atom stereocenters. The van der Waals surface area contributed by atoms with E-state index >= 15 is 0 Å². The normalized spacial score (nSPS) is 38.2. The molecule has 5 nitrogen and oxygen atoms in total. The third-order valence-electron chi connectivity index (χ3n) is 7.75. The number of nitrogens with zero attached hydrogens (tertiary/aromatic N) is 1. The van der Waals surface area contributed by atoms with Crippen molar-refractivity contribution in [3.05, 3.63) is 29.8 Å². The SMILES string of the molecule is Cc1ccc(S(=O)(=O)N/N=C2/CC[C@]3(O)C[C@]2(C)CC[C@@H]2[C@@H]3CC2(C)C)cc1. The Morgan fingerprint density at radius 3 is 2.43 bits per heavy atom. The Kier molecular flexibility index (Phi) is 4.47. The van der Waals surface area contributed by atoms with Crippen LogP contribution in [0.2, 0.25) is 0 Å². The monoisotopic (exact) mass is 404 g/mol. The van der Waals surface area contributed by atoms with Crippen molar-refractivity contribution in [2.45, 2.75) is 76.7 Å². The molecule has 2 N–H and O–H groups in total. The van der Waals surface area contributed by atoms with Crippen LogP contribution in [0.15, 0.2) is 34.3 Å². The van der Waals surface area contributed by atoms with Gasteiger partial charge in [-0.25, -0.2) is 4.83 Å². The topological polar surface area (TPSA) is 78.8 Å². The zero-order valence-corrected chi connectivity index (χ0v) is 18.1. The molecular weight excluding hydrogens is 372 g/mol. The lowest BCUT2D eigenvalue weighted by Crippen LogP contribution is -2.57. The average molecular weight is 405 g/mol. The van der Waals surface area contributed by atoms with E-state index in [4.69, 9.17) is 0 Å². The number of hydrogen-bond donors (Lipinski definition) is 2. The number of benzene rings is 1. The summed E-state index contributed by atoms with van der Waals surface area (Å²) in [6, 6.07) is 6.77. The molecule has 0 radical (unpaired) electrons. The molecule has 4 atom stereocenters. The quantitative estimate of drug-likeness (QED) is 0.747. The lowest BCUT2D eigenvalue weighted by Gasteiger charge is -2.58. The van der Waals surface area contributed by atoms with E-state index in [2.05, 4.69) is 30.7 Å². The van der Waals surface area contributed by atoms with Crippen LogP contribution in [-0.4, -0.2) is 24.8 Å². The van der Waals surface area contributed by atoms with Crippen LogP contribution in [0.3, 0.4) is 0 Å². The number of rotatable bonds is 3. The average Bonchev–Trinajstić information content (AvgIpc) is 2.66. The van der Waals surface area contributed by atoms with Gasteiger partial charge in [0.2, 0.25) is 0 Å². The van der Waals surface area contributed by atoms with Gasteiger partial charge in [0.1, 0.15) is 0 Å². The molecule has 6 heteroatoms. The highest BCUT2D eigenvalue weighted by Gasteiger charge is 2.61. The van der Waals surface area contributed by atoms with Crippen LogP contribution in [0.5, 0.6) is 0 Å². The van der Waals surface area contributed by atoms with Gasteiger partial charge in [-0.1, -0.05) is 38.5 Å². The van der Waals surface area contributed by atoms with E-state index in [0.29, 0.717) is 36.5 Å². The van der Waals surface area contributed by atoms with Gasteiger partial charge in [0.05, 0.1) is 10.5 Å². The zero-order valence-electron chi connectivity index (χ0n) is 17.3. The number of fused-ring (bicyclic) bond motifs is 4. The molecule has 3 aliphatic carbocycles. The van der Waals surface area contributed by atoms with Gasteiger partial charge >= 0.3 is 0 Å². The van der Waals surface area contributed by atoms with Crippen LogP contribution in [-0.2, 0) is 10.0 Å². The van der Waals surface area contributed by atoms with Crippen LogP contribution in [0.25, 0.3) is 0 Å². The van der Waals surface area contributed by atoms with E-state index in [1.165, 1.54) is 0 Å². The van der Waals surface area contributed by atoms with Gasteiger partial charge in [0.25, 0.3) is 10.0 Å². The second kappa shape index (κ2) is 6.30. The number of sulfonamides is 1. The van der Waals surface area contributed by atoms with Crippen LogP contribution < -0.4 is 4.83 Å². The minimum atomic E-state index is -3.68. The summed E-state index contributed by atoms with van der Waals surface area (Å²) in [5.41, 5.74) is 1.29. The molecule has 0 spiro atoms. The molecule has 28 heavy (non-hydrogen) atoms. The van der Waals surface area contributed by atoms with Crippen LogP contribution >= 0.6 is 0 Å². The third kappa shape index (κ3) is 3.18. The fraction of sp³-hybridized carbons (Fsp3) is 0.682. The summed E-state index contributed by atoms with van der Waals surface area (Å²) in [5.74, 6) is 0.915. The first-order valence-electron chi connectivity index (χ1n) is 10.3. The largest absolute Gasteiger partial charge is 0.390 e. The van der Waals surface area contributed by atoms with Gasteiger partial charge in [-0.15, -0.1) is 0 Å². The van der Waals surface area contributed by atoms with Crippen molar-refractivity contribution in [1.29, 1.82) is 0 Å². The van der Waals surface area contributed by atoms with Crippen molar-refractivity contribution in [2.24, 2.45) is 27.8 Å². The Labute approximate surface area is 168 Å². The first-order chi connectivity index (χ1) is 13.0. The summed E-state index contributed by atoms with van der Waals surface area (Å²) in [6.45, 7) is 8.68. The molecule has 1 aromatic rings.